The van der Waals surface area contributed by atoms with E-state index in [0.717, 1.165) is 20.8 Å². The molecule has 8 rings (SSSR count). The summed E-state index contributed by atoms with van der Waals surface area (Å²) in [5, 5.41) is 14.3. The van der Waals surface area contributed by atoms with Gasteiger partial charge in [-0.05, 0) is 18.4 Å². The van der Waals surface area contributed by atoms with Crippen molar-refractivity contribution in [3.05, 3.63) is 24.2 Å². The van der Waals surface area contributed by atoms with E-state index in [9.17, 15) is 38.7 Å². The van der Waals surface area contributed by atoms with Gasteiger partial charge < -0.3 is 52.2 Å². The standard InChI is InChI=1S/C43H54O18/c1-18(2)27(48)26-28-37(9,29(57-33(26)50)23-13-14-53-16-23)30(54-20(5)44)31(55-21(6)45)43-38(10)24(15-25(47)52-12)36(8)17-40(38)41(51,34(36)58-32(49)19(3)4)35(56-22(7)46)42(28,43)60-39(11,59-40)61-43/h13-14,16,18-19,24,26,28-31,34-35,51H,15,17H2,1-12H3/t24-,26?,28?,29-,30?,31+,34?,35+,36?,37+,38+,39?,40?,41-,42+,43-/m0/s1. The number of carbonyl (C=O) groups is 7. The minimum absolute atomic E-state index is 0.191. The number of hydrogen-bond acceptors (Lipinski definition) is 18. The van der Waals surface area contributed by atoms with E-state index in [2.05, 4.69) is 0 Å². The van der Waals surface area contributed by atoms with Crippen molar-refractivity contribution in [3.8, 4) is 0 Å². The molecule has 1 N–H and O–H groups in total. The minimum Gasteiger partial charge on any atom is -0.472 e. The molecule has 334 valence electrons. The quantitative estimate of drug-likeness (QED) is 0.202. The molecular formula is C43H54O18. The molecule has 4 aliphatic carbocycles. The molecule has 0 aromatic carbocycles. The largest absolute Gasteiger partial charge is 0.472 e. The van der Waals surface area contributed by atoms with Gasteiger partial charge >= 0.3 is 35.8 Å². The summed E-state index contributed by atoms with van der Waals surface area (Å²) in [7, 11) is 1.19. The highest BCUT2D eigenvalue weighted by Crippen LogP contribution is 2.90. The van der Waals surface area contributed by atoms with Crippen molar-refractivity contribution < 1.29 is 85.7 Å². The van der Waals surface area contributed by atoms with Crippen molar-refractivity contribution in [3.63, 3.8) is 0 Å². The predicted molar refractivity (Wildman–Crippen MR) is 200 cm³/mol. The van der Waals surface area contributed by atoms with E-state index < -0.39 is 153 Å². The molecule has 3 aliphatic heterocycles. The second-order valence-corrected chi connectivity index (χ2v) is 19.3. The molecule has 61 heavy (non-hydrogen) atoms. The number of ketones is 1. The highest BCUT2D eigenvalue weighted by Gasteiger charge is 3.07. The summed E-state index contributed by atoms with van der Waals surface area (Å²) in [4.78, 5) is 98.8. The van der Waals surface area contributed by atoms with Crippen LogP contribution in [0.3, 0.4) is 0 Å². The first-order valence-corrected chi connectivity index (χ1v) is 20.6. The van der Waals surface area contributed by atoms with Crippen LogP contribution in [-0.2, 0) is 76.2 Å². The average Bonchev–Trinajstić information content (AvgIpc) is 3.86. The zero-order chi connectivity index (χ0) is 45.0. The van der Waals surface area contributed by atoms with Gasteiger partial charge in [0.15, 0.2) is 35.1 Å². The molecule has 7 unspecified atom stereocenters. The molecule has 1 aromatic rings. The fraction of sp³-hybridized carbons (Fsp3) is 0.744. The van der Waals surface area contributed by atoms with Gasteiger partial charge in [0.2, 0.25) is 0 Å². The monoisotopic (exact) mass is 858 g/mol. The number of aliphatic hydroxyl groups is 1. The van der Waals surface area contributed by atoms with Crippen LogP contribution in [-0.4, -0.2) is 107 Å². The van der Waals surface area contributed by atoms with E-state index in [1.807, 2.05) is 0 Å². The third-order valence-electron chi connectivity index (χ3n) is 15.5. The number of carbonyl (C=O) groups excluding carboxylic acids is 7. The van der Waals surface area contributed by atoms with Gasteiger partial charge in [-0.1, -0.05) is 48.5 Å². The van der Waals surface area contributed by atoms with Crippen LogP contribution in [0, 0.1) is 45.8 Å². The van der Waals surface area contributed by atoms with E-state index in [-0.39, 0.29) is 12.0 Å². The predicted octanol–water partition coefficient (Wildman–Crippen LogP) is 3.04. The lowest BCUT2D eigenvalue weighted by molar-refractivity contribution is -0.492. The van der Waals surface area contributed by atoms with Crippen molar-refractivity contribution in [2.45, 2.75) is 148 Å². The summed E-state index contributed by atoms with van der Waals surface area (Å²) in [5.74, 6) is -14.5. The fourth-order valence-corrected chi connectivity index (χ4v) is 14.0. The van der Waals surface area contributed by atoms with Gasteiger partial charge in [-0.3, -0.25) is 33.6 Å². The molecule has 4 heterocycles. The first kappa shape index (κ1) is 43.3. The molecule has 4 bridgehead atoms. The van der Waals surface area contributed by atoms with E-state index in [0.29, 0.717) is 0 Å². The molecule has 0 radical (unpaired) electrons. The van der Waals surface area contributed by atoms with Crippen LogP contribution in [0.15, 0.2) is 23.0 Å². The zero-order valence-corrected chi connectivity index (χ0v) is 36.3. The van der Waals surface area contributed by atoms with Crippen molar-refractivity contribution in [2.75, 3.05) is 7.11 Å². The Bertz CT molecular complexity index is 2110. The van der Waals surface area contributed by atoms with Crippen molar-refractivity contribution in [1.29, 1.82) is 0 Å². The van der Waals surface area contributed by atoms with Crippen LogP contribution < -0.4 is 0 Å². The summed E-state index contributed by atoms with van der Waals surface area (Å²) in [6.07, 6.45) is -6.73. The summed E-state index contributed by atoms with van der Waals surface area (Å²) in [6.45, 7) is 15.9. The van der Waals surface area contributed by atoms with Crippen molar-refractivity contribution >= 4 is 41.6 Å². The van der Waals surface area contributed by atoms with Crippen LogP contribution in [0.2, 0.25) is 0 Å². The van der Waals surface area contributed by atoms with Gasteiger partial charge in [0.1, 0.15) is 29.5 Å². The van der Waals surface area contributed by atoms with Gasteiger partial charge in [0, 0.05) is 62.3 Å². The average molecular weight is 859 g/mol. The fourth-order valence-electron chi connectivity index (χ4n) is 14.0. The summed E-state index contributed by atoms with van der Waals surface area (Å²) in [6, 6.07) is 1.50. The number of Topliss-reactive ketones (excluding diaryl/α,β-unsaturated/α-hetero) is 1. The second kappa shape index (κ2) is 13.1. The minimum atomic E-state index is -2.64. The van der Waals surface area contributed by atoms with Crippen LogP contribution in [0.1, 0.15) is 101 Å². The number of ether oxygens (including phenoxy) is 9. The second-order valence-electron chi connectivity index (χ2n) is 19.3. The van der Waals surface area contributed by atoms with E-state index in [4.69, 9.17) is 47.0 Å². The lowest BCUT2D eigenvalue weighted by Crippen LogP contribution is -2.98. The molecule has 4 saturated carbocycles. The molecule has 3 saturated heterocycles. The molecule has 18 nitrogen and oxygen atoms in total. The van der Waals surface area contributed by atoms with Gasteiger partial charge in [-0.25, -0.2) is 0 Å². The maximum Gasteiger partial charge on any atom is 0.317 e. The van der Waals surface area contributed by atoms with E-state index >= 15 is 0 Å². The van der Waals surface area contributed by atoms with Crippen molar-refractivity contribution in [2.24, 2.45) is 45.8 Å². The lowest BCUT2D eigenvalue weighted by Gasteiger charge is -2.78. The molecule has 18 heteroatoms. The van der Waals surface area contributed by atoms with Gasteiger partial charge in [-0.15, -0.1) is 0 Å². The third-order valence-corrected chi connectivity index (χ3v) is 15.5. The van der Waals surface area contributed by atoms with Crippen LogP contribution in [0.25, 0.3) is 0 Å². The molecule has 7 fully saturated rings. The summed E-state index contributed by atoms with van der Waals surface area (Å²) < 4.78 is 64.0. The summed E-state index contributed by atoms with van der Waals surface area (Å²) in [5.41, 5.74) is -14.7. The van der Waals surface area contributed by atoms with Crippen LogP contribution >= 0.6 is 0 Å². The van der Waals surface area contributed by atoms with Crippen molar-refractivity contribution in [1.82, 2.24) is 0 Å². The van der Waals surface area contributed by atoms with E-state index in [1.54, 1.807) is 48.5 Å². The number of esters is 6. The summed E-state index contributed by atoms with van der Waals surface area (Å²) >= 11 is 0. The molecule has 2 spiro atoms. The molecule has 16 atom stereocenters. The Balaban J connectivity index is 1.61. The lowest BCUT2D eigenvalue weighted by atomic mass is 9.31. The maximum absolute atomic E-state index is 15.0. The van der Waals surface area contributed by atoms with Gasteiger partial charge in [0.05, 0.1) is 31.0 Å². The first-order chi connectivity index (χ1) is 28.3. The third kappa shape index (κ3) is 4.79. The number of cyclic esters (lactones) is 1. The number of hydrogen-bond donors (Lipinski definition) is 1. The van der Waals surface area contributed by atoms with E-state index in [1.165, 1.54) is 32.6 Å². The first-order valence-electron chi connectivity index (χ1n) is 20.6. The Hall–Kier alpha value is -4.39. The van der Waals surface area contributed by atoms with Crippen LogP contribution in [0.5, 0.6) is 0 Å². The highest BCUT2D eigenvalue weighted by molar-refractivity contribution is 6.01. The number of methoxy groups -OCH3 is 1. The molecule has 0 amide bonds. The zero-order valence-electron chi connectivity index (χ0n) is 36.3. The smallest absolute Gasteiger partial charge is 0.317 e. The topological polar surface area (TPSA) is 236 Å². The molecule has 7 aliphatic rings. The molecular weight excluding hydrogens is 804 g/mol. The Kier molecular flexibility index (Phi) is 9.28. The number of rotatable bonds is 10. The number of fused-ring (bicyclic) bond motifs is 3. The van der Waals surface area contributed by atoms with Crippen LogP contribution in [0.4, 0.5) is 0 Å². The normalized spacial score (nSPS) is 47.0. The highest BCUT2D eigenvalue weighted by atomic mass is 16.9. The Morgan fingerprint density at radius 1 is 0.836 bits per heavy atom. The maximum atomic E-state index is 15.0. The Labute approximate surface area is 351 Å². The van der Waals surface area contributed by atoms with Gasteiger partial charge in [-0.2, -0.15) is 0 Å². The van der Waals surface area contributed by atoms with Gasteiger partial charge in [0.25, 0.3) is 5.97 Å². The molecule has 1 aromatic heterocycles. The Morgan fingerprint density at radius 3 is 2.00 bits per heavy atom. The SMILES string of the molecule is COC(=O)C[C@H]1C2(C)CC34OC5(C)O[C@@]6([C@H](OC(C)=O)C(OC(C)=O)[C@]7(C)C(C(C(=O)C(C)C)C(=O)O[C@H]7c7ccoc7)[C@@]6(O5)[C@H](OC(C)=O)[C@@]3(O)C2OC(=O)C(C)C)[C@]14C. The number of furan rings is 1. The Morgan fingerprint density at radius 2 is 1.46 bits per heavy atom.